The number of aryl methyl sites for hydroxylation is 1. The van der Waals surface area contributed by atoms with E-state index in [1.165, 1.54) is 6.42 Å². The molecule has 0 saturated carbocycles. The van der Waals surface area contributed by atoms with Crippen LogP contribution in [-0.2, 0) is 0 Å². The molecule has 2 N–H and O–H groups in total. The molecule has 1 aliphatic rings. The lowest BCUT2D eigenvalue weighted by atomic mass is 10.0. The molecule has 1 aliphatic heterocycles. The zero-order chi connectivity index (χ0) is 20.8. The average molecular weight is 394 g/mol. The van der Waals surface area contributed by atoms with Gasteiger partial charge in [0, 0.05) is 36.1 Å². The number of hydrogen-bond acceptors (Lipinski definition) is 3. The van der Waals surface area contributed by atoms with Crippen LogP contribution in [0.4, 0.5) is 11.4 Å². The van der Waals surface area contributed by atoms with Crippen molar-refractivity contribution in [2.24, 2.45) is 0 Å². The maximum absolute atomic E-state index is 13.0. The summed E-state index contributed by atoms with van der Waals surface area (Å²) in [6, 6.07) is 13.2. The number of nitrogens with one attached hydrogen (secondary N) is 2. The lowest BCUT2D eigenvalue weighted by Gasteiger charge is -2.31. The SMILES string of the molecule is CCC(C)NC(=O)c1cc(NC(=O)c2ccc(C)cc2)ccc1N1CCCCC1. The Kier molecular flexibility index (Phi) is 6.91. The fourth-order valence-electron chi connectivity index (χ4n) is 3.52. The van der Waals surface area contributed by atoms with Gasteiger partial charge in [0.1, 0.15) is 0 Å². The smallest absolute Gasteiger partial charge is 0.255 e. The molecule has 1 heterocycles. The number of benzene rings is 2. The Morgan fingerprint density at radius 2 is 1.69 bits per heavy atom. The largest absolute Gasteiger partial charge is 0.371 e. The van der Waals surface area contributed by atoms with Crippen LogP contribution in [-0.4, -0.2) is 30.9 Å². The van der Waals surface area contributed by atoms with Crippen molar-refractivity contribution in [2.75, 3.05) is 23.3 Å². The molecule has 2 aromatic carbocycles. The monoisotopic (exact) mass is 393 g/mol. The van der Waals surface area contributed by atoms with Crippen molar-refractivity contribution in [1.82, 2.24) is 5.32 Å². The Bertz CT molecular complexity index is 855. The number of carbonyl (C=O) groups excluding carboxylic acids is 2. The molecule has 154 valence electrons. The number of carbonyl (C=O) groups is 2. The molecule has 5 heteroatoms. The van der Waals surface area contributed by atoms with Crippen LogP contribution in [0.25, 0.3) is 0 Å². The quantitative estimate of drug-likeness (QED) is 0.743. The molecule has 1 fully saturated rings. The second kappa shape index (κ2) is 9.59. The number of piperidine rings is 1. The summed E-state index contributed by atoms with van der Waals surface area (Å²) in [6.07, 6.45) is 4.38. The number of hydrogen-bond donors (Lipinski definition) is 2. The van der Waals surface area contributed by atoms with Crippen LogP contribution in [0.2, 0.25) is 0 Å². The fourth-order valence-corrected chi connectivity index (χ4v) is 3.52. The Hall–Kier alpha value is -2.82. The zero-order valence-corrected chi connectivity index (χ0v) is 17.6. The summed E-state index contributed by atoms with van der Waals surface area (Å²) in [4.78, 5) is 27.8. The summed E-state index contributed by atoms with van der Waals surface area (Å²) < 4.78 is 0. The van der Waals surface area contributed by atoms with Crippen LogP contribution >= 0.6 is 0 Å². The van der Waals surface area contributed by atoms with E-state index in [1.807, 2.05) is 50.2 Å². The fraction of sp³-hybridized carbons (Fsp3) is 0.417. The number of amides is 2. The molecule has 5 nitrogen and oxygen atoms in total. The molecular weight excluding hydrogens is 362 g/mol. The third-order valence-electron chi connectivity index (χ3n) is 5.50. The first kappa shape index (κ1) is 20.9. The maximum atomic E-state index is 13.0. The summed E-state index contributed by atoms with van der Waals surface area (Å²) in [5.74, 6) is -0.268. The maximum Gasteiger partial charge on any atom is 0.255 e. The van der Waals surface area contributed by atoms with E-state index in [-0.39, 0.29) is 17.9 Å². The standard InChI is InChI=1S/C24H31N3O2/c1-4-18(3)25-24(29)21-16-20(12-13-22(21)27-14-6-5-7-15-27)26-23(28)19-10-8-17(2)9-11-19/h8-13,16,18H,4-7,14-15H2,1-3H3,(H,25,29)(H,26,28). The summed E-state index contributed by atoms with van der Waals surface area (Å²) >= 11 is 0. The molecule has 0 bridgehead atoms. The summed E-state index contributed by atoms with van der Waals surface area (Å²) in [5.41, 5.74) is 3.90. The second-order valence-electron chi connectivity index (χ2n) is 7.88. The normalized spacial score (nSPS) is 14.9. The highest BCUT2D eigenvalue weighted by molar-refractivity contribution is 6.06. The van der Waals surface area contributed by atoms with Gasteiger partial charge in [-0.05, 0) is 69.9 Å². The first-order valence-corrected chi connectivity index (χ1v) is 10.6. The van der Waals surface area contributed by atoms with E-state index in [0.717, 1.165) is 43.6 Å². The summed E-state index contributed by atoms with van der Waals surface area (Å²) in [7, 11) is 0. The average Bonchev–Trinajstić information content (AvgIpc) is 2.74. The van der Waals surface area contributed by atoms with E-state index in [0.29, 0.717) is 16.8 Å². The molecule has 2 aromatic rings. The van der Waals surface area contributed by atoms with Crippen LogP contribution in [0.5, 0.6) is 0 Å². The molecule has 29 heavy (non-hydrogen) atoms. The summed E-state index contributed by atoms with van der Waals surface area (Å²) in [5, 5.41) is 6.00. The van der Waals surface area contributed by atoms with Gasteiger partial charge in [0.2, 0.25) is 0 Å². The predicted molar refractivity (Wildman–Crippen MR) is 119 cm³/mol. The Morgan fingerprint density at radius 3 is 2.34 bits per heavy atom. The molecule has 0 aliphatic carbocycles. The van der Waals surface area contributed by atoms with Crippen molar-refractivity contribution in [3.63, 3.8) is 0 Å². The number of rotatable bonds is 6. The minimum Gasteiger partial charge on any atom is -0.371 e. The lowest BCUT2D eigenvalue weighted by Crippen LogP contribution is -2.35. The van der Waals surface area contributed by atoms with Crippen molar-refractivity contribution >= 4 is 23.2 Å². The molecule has 1 saturated heterocycles. The van der Waals surface area contributed by atoms with Crippen LogP contribution in [0.15, 0.2) is 42.5 Å². The molecule has 0 radical (unpaired) electrons. The lowest BCUT2D eigenvalue weighted by molar-refractivity contribution is 0.0938. The highest BCUT2D eigenvalue weighted by atomic mass is 16.2. The van der Waals surface area contributed by atoms with Gasteiger partial charge < -0.3 is 15.5 Å². The van der Waals surface area contributed by atoms with Gasteiger partial charge >= 0.3 is 0 Å². The Morgan fingerprint density at radius 1 is 1.00 bits per heavy atom. The first-order valence-electron chi connectivity index (χ1n) is 10.6. The Balaban J connectivity index is 1.86. The number of anilines is 2. The van der Waals surface area contributed by atoms with E-state index in [2.05, 4.69) is 22.5 Å². The van der Waals surface area contributed by atoms with Crippen molar-refractivity contribution in [3.05, 3.63) is 59.2 Å². The topological polar surface area (TPSA) is 61.4 Å². The van der Waals surface area contributed by atoms with Gasteiger partial charge in [-0.2, -0.15) is 0 Å². The van der Waals surface area contributed by atoms with Gasteiger partial charge in [0.25, 0.3) is 11.8 Å². The van der Waals surface area contributed by atoms with Crippen LogP contribution in [0.1, 0.15) is 65.8 Å². The highest BCUT2D eigenvalue weighted by Crippen LogP contribution is 2.27. The predicted octanol–water partition coefficient (Wildman–Crippen LogP) is 4.77. The van der Waals surface area contributed by atoms with E-state index >= 15 is 0 Å². The van der Waals surface area contributed by atoms with Crippen LogP contribution in [0, 0.1) is 6.92 Å². The van der Waals surface area contributed by atoms with E-state index in [9.17, 15) is 9.59 Å². The third-order valence-corrected chi connectivity index (χ3v) is 5.50. The molecule has 0 aromatic heterocycles. The van der Waals surface area contributed by atoms with Gasteiger partial charge in [-0.15, -0.1) is 0 Å². The minimum absolute atomic E-state index is 0.0913. The summed E-state index contributed by atoms with van der Waals surface area (Å²) in [6.45, 7) is 7.96. The van der Waals surface area contributed by atoms with Gasteiger partial charge in [0.15, 0.2) is 0 Å². The zero-order valence-electron chi connectivity index (χ0n) is 17.6. The van der Waals surface area contributed by atoms with E-state index in [4.69, 9.17) is 0 Å². The molecule has 1 unspecified atom stereocenters. The van der Waals surface area contributed by atoms with Gasteiger partial charge in [-0.25, -0.2) is 0 Å². The first-order chi connectivity index (χ1) is 14.0. The van der Waals surface area contributed by atoms with Crippen molar-refractivity contribution in [1.29, 1.82) is 0 Å². The minimum atomic E-state index is -0.177. The van der Waals surface area contributed by atoms with E-state index < -0.39 is 0 Å². The molecule has 0 spiro atoms. The van der Waals surface area contributed by atoms with E-state index in [1.54, 1.807) is 6.07 Å². The van der Waals surface area contributed by atoms with Crippen molar-refractivity contribution < 1.29 is 9.59 Å². The molecule has 2 amide bonds. The van der Waals surface area contributed by atoms with Gasteiger partial charge in [-0.3, -0.25) is 9.59 Å². The molecule has 3 rings (SSSR count). The van der Waals surface area contributed by atoms with Gasteiger partial charge in [0.05, 0.1) is 5.56 Å². The third kappa shape index (κ3) is 5.37. The van der Waals surface area contributed by atoms with Crippen LogP contribution in [0.3, 0.4) is 0 Å². The molecule has 1 atom stereocenters. The number of nitrogens with zero attached hydrogens (tertiary/aromatic N) is 1. The Labute approximate surface area is 173 Å². The van der Waals surface area contributed by atoms with Crippen molar-refractivity contribution in [3.8, 4) is 0 Å². The van der Waals surface area contributed by atoms with Crippen LogP contribution < -0.4 is 15.5 Å². The van der Waals surface area contributed by atoms with Crippen molar-refractivity contribution in [2.45, 2.75) is 52.5 Å². The molecular formula is C24H31N3O2. The second-order valence-corrected chi connectivity index (χ2v) is 7.88. The highest BCUT2D eigenvalue weighted by Gasteiger charge is 2.20. The van der Waals surface area contributed by atoms with Gasteiger partial charge in [-0.1, -0.05) is 24.6 Å².